The van der Waals surface area contributed by atoms with Crippen molar-refractivity contribution in [1.29, 1.82) is 0 Å². The van der Waals surface area contributed by atoms with E-state index in [1.165, 1.54) is 0 Å². The molecule has 6 nitrogen and oxygen atoms in total. The molecular formula is C19H19N3O3. The first-order valence-electron chi connectivity index (χ1n) is 8.05. The van der Waals surface area contributed by atoms with E-state index < -0.39 is 17.9 Å². The van der Waals surface area contributed by atoms with Gasteiger partial charge in [-0.3, -0.25) is 9.59 Å². The smallest absolute Gasteiger partial charge is 0.269 e. The lowest BCUT2D eigenvalue weighted by Gasteiger charge is -2.15. The molecule has 6 heteroatoms. The Hall–Kier alpha value is -3.15. The summed E-state index contributed by atoms with van der Waals surface area (Å²) in [4.78, 5) is 29.4. The third kappa shape index (κ3) is 4.23. The van der Waals surface area contributed by atoms with Crippen LogP contribution in [0.5, 0.6) is 0 Å². The molecule has 2 atom stereocenters. The van der Waals surface area contributed by atoms with Gasteiger partial charge in [-0.2, -0.15) is 0 Å². The fourth-order valence-electron chi connectivity index (χ4n) is 2.67. The summed E-state index contributed by atoms with van der Waals surface area (Å²) in [6, 6.07) is 18.1. The predicted octanol–water partition coefficient (Wildman–Crippen LogP) is 1.72. The maximum absolute atomic E-state index is 12.4. The van der Waals surface area contributed by atoms with Crippen molar-refractivity contribution in [3.63, 3.8) is 0 Å². The number of rotatable bonds is 6. The van der Waals surface area contributed by atoms with Crippen LogP contribution in [0.4, 0.5) is 0 Å². The number of benzene rings is 2. The molecule has 0 unspecified atom stereocenters. The average molecular weight is 337 g/mol. The lowest BCUT2D eigenvalue weighted by atomic mass is 10.0. The van der Waals surface area contributed by atoms with Crippen LogP contribution < -0.4 is 11.1 Å². The number of oxime groups is 1. The molecule has 1 heterocycles. The topological polar surface area (TPSA) is 93.8 Å². The normalized spacial score (nSPS) is 17.3. The fourth-order valence-corrected chi connectivity index (χ4v) is 2.67. The zero-order valence-electron chi connectivity index (χ0n) is 13.6. The van der Waals surface area contributed by atoms with Crippen LogP contribution in [-0.2, 0) is 20.8 Å². The van der Waals surface area contributed by atoms with Gasteiger partial charge in [0.2, 0.25) is 5.91 Å². The first kappa shape index (κ1) is 16.7. The number of nitrogens with one attached hydrogen (secondary N) is 1. The minimum Gasteiger partial charge on any atom is -0.387 e. The van der Waals surface area contributed by atoms with Crippen LogP contribution in [0.2, 0.25) is 0 Å². The van der Waals surface area contributed by atoms with Gasteiger partial charge in [-0.25, -0.2) is 0 Å². The number of amides is 2. The molecule has 1 aliphatic rings. The predicted molar refractivity (Wildman–Crippen MR) is 93.6 cm³/mol. The number of hydrogen-bond donors (Lipinski definition) is 2. The number of carbonyl (C=O) groups excluding carboxylic acids is 2. The van der Waals surface area contributed by atoms with Gasteiger partial charge in [-0.05, 0) is 11.1 Å². The monoisotopic (exact) mass is 337 g/mol. The summed E-state index contributed by atoms with van der Waals surface area (Å²) in [6.07, 6.45) is 0.397. The molecule has 0 saturated heterocycles. The third-order valence-electron chi connectivity index (χ3n) is 4.03. The largest absolute Gasteiger partial charge is 0.387 e. The van der Waals surface area contributed by atoms with Crippen LogP contribution in [0, 0.1) is 0 Å². The second kappa shape index (κ2) is 7.61. The summed E-state index contributed by atoms with van der Waals surface area (Å²) in [5.74, 6) is -1.02. The summed E-state index contributed by atoms with van der Waals surface area (Å²) >= 11 is 0. The molecule has 128 valence electrons. The Bertz CT molecular complexity index is 775. The Morgan fingerprint density at radius 2 is 1.76 bits per heavy atom. The maximum atomic E-state index is 12.4. The van der Waals surface area contributed by atoms with Crippen molar-refractivity contribution in [2.75, 3.05) is 0 Å². The van der Waals surface area contributed by atoms with E-state index >= 15 is 0 Å². The zero-order valence-corrected chi connectivity index (χ0v) is 13.6. The highest BCUT2D eigenvalue weighted by Gasteiger charge is 2.29. The van der Waals surface area contributed by atoms with E-state index in [0.717, 1.165) is 11.1 Å². The van der Waals surface area contributed by atoms with Gasteiger partial charge in [0.25, 0.3) is 5.91 Å². The second-order valence-electron chi connectivity index (χ2n) is 5.86. The molecule has 2 aromatic carbocycles. The standard InChI is InChI=1S/C19H19N3O3/c20-18(23)15(11-13-7-3-1-4-8-13)21-19(24)16-12-17(25-22-16)14-9-5-2-6-10-14/h1-10,15,17H,11-12H2,(H2,20,23)(H,21,24)/t15-,17+/m0/s1. The highest BCUT2D eigenvalue weighted by atomic mass is 16.6. The summed E-state index contributed by atoms with van der Waals surface area (Å²) < 4.78 is 0. The molecule has 0 radical (unpaired) electrons. The Morgan fingerprint density at radius 3 is 2.40 bits per heavy atom. The quantitative estimate of drug-likeness (QED) is 0.840. The second-order valence-corrected chi connectivity index (χ2v) is 5.86. The first-order chi connectivity index (χ1) is 12.1. The highest BCUT2D eigenvalue weighted by Crippen LogP contribution is 2.26. The third-order valence-corrected chi connectivity index (χ3v) is 4.03. The Balaban J connectivity index is 1.61. The minimum absolute atomic E-state index is 0.258. The summed E-state index contributed by atoms with van der Waals surface area (Å²) in [5.41, 5.74) is 7.55. The van der Waals surface area contributed by atoms with Gasteiger partial charge in [-0.1, -0.05) is 65.8 Å². The van der Waals surface area contributed by atoms with E-state index in [4.69, 9.17) is 10.6 Å². The van der Waals surface area contributed by atoms with Gasteiger partial charge in [0.05, 0.1) is 0 Å². The first-order valence-corrected chi connectivity index (χ1v) is 8.05. The van der Waals surface area contributed by atoms with Crippen LogP contribution in [0.1, 0.15) is 23.7 Å². The molecule has 0 aromatic heterocycles. The van der Waals surface area contributed by atoms with Crippen molar-refractivity contribution in [1.82, 2.24) is 5.32 Å². The van der Waals surface area contributed by atoms with Gasteiger partial charge in [0, 0.05) is 12.8 Å². The van der Waals surface area contributed by atoms with Gasteiger partial charge in [0.15, 0.2) is 6.10 Å². The van der Waals surface area contributed by atoms with E-state index in [-0.39, 0.29) is 11.8 Å². The molecule has 2 aromatic rings. The average Bonchev–Trinajstić information content (AvgIpc) is 3.13. The summed E-state index contributed by atoms with van der Waals surface area (Å²) in [6.45, 7) is 0. The van der Waals surface area contributed by atoms with Crippen LogP contribution in [0.25, 0.3) is 0 Å². The van der Waals surface area contributed by atoms with E-state index in [9.17, 15) is 9.59 Å². The fraction of sp³-hybridized carbons (Fsp3) is 0.211. The van der Waals surface area contributed by atoms with E-state index in [1.807, 2.05) is 60.7 Å². The number of carbonyl (C=O) groups is 2. The molecule has 0 spiro atoms. The molecule has 0 aliphatic carbocycles. The summed E-state index contributed by atoms with van der Waals surface area (Å²) in [5, 5.41) is 6.52. The van der Waals surface area contributed by atoms with Crippen LogP contribution in [0.3, 0.4) is 0 Å². The number of hydrogen-bond acceptors (Lipinski definition) is 4. The van der Waals surface area contributed by atoms with E-state index in [2.05, 4.69) is 10.5 Å². The Labute approximate surface area is 145 Å². The SMILES string of the molecule is NC(=O)[C@H](Cc1ccccc1)NC(=O)C1=NO[C@@H](c2ccccc2)C1. The molecule has 1 aliphatic heterocycles. The molecule has 3 N–H and O–H groups in total. The Kier molecular flexibility index (Phi) is 5.09. The molecule has 0 saturated carbocycles. The molecule has 0 fully saturated rings. The molecular weight excluding hydrogens is 318 g/mol. The number of nitrogens with two attached hydrogens (primary N) is 1. The maximum Gasteiger partial charge on any atom is 0.269 e. The number of nitrogens with zero attached hydrogens (tertiary/aromatic N) is 1. The zero-order chi connectivity index (χ0) is 17.6. The van der Waals surface area contributed by atoms with Crippen LogP contribution >= 0.6 is 0 Å². The van der Waals surface area contributed by atoms with E-state index in [0.29, 0.717) is 12.8 Å². The van der Waals surface area contributed by atoms with E-state index in [1.54, 1.807) is 0 Å². The molecule has 0 bridgehead atoms. The van der Waals surface area contributed by atoms with Crippen molar-refractivity contribution < 1.29 is 14.4 Å². The van der Waals surface area contributed by atoms with Gasteiger partial charge >= 0.3 is 0 Å². The lowest BCUT2D eigenvalue weighted by Crippen LogP contribution is -2.48. The van der Waals surface area contributed by atoms with Gasteiger partial charge < -0.3 is 15.9 Å². The Morgan fingerprint density at radius 1 is 1.12 bits per heavy atom. The van der Waals surface area contributed by atoms with Crippen molar-refractivity contribution in [3.8, 4) is 0 Å². The lowest BCUT2D eigenvalue weighted by molar-refractivity contribution is -0.124. The van der Waals surface area contributed by atoms with Crippen molar-refractivity contribution in [3.05, 3.63) is 71.8 Å². The van der Waals surface area contributed by atoms with Gasteiger partial charge in [-0.15, -0.1) is 0 Å². The minimum atomic E-state index is -0.798. The molecule has 2 amide bonds. The van der Waals surface area contributed by atoms with Crippen LogP contribution in [0.15, 0.2) is 65.8 Å². The van der Waals surface area contributed by atoms with Crippen LogP contribution in [-0.4, -0.2) is 23.6 Å². The molecule has 25 heavy (non-hydrogen) atoms. The van der Waals surface area contributed by atoms with Crippen molar-refractivity contribution >= 4 is 17.5 Å². The highest BCUT2D eigenvalue weighted by molar-refractivity contribution is 6.39. The van der Waals surface area contributed by atoms with Crippen molar-refractivity contribution in [2.24, 2.45) is 10.9 Å². The number of primary amides is 1. The molecule has 3 rings (SSSR count). The van der Waals surface area contributed by atoms with Crippen molar-refractivity contribution in [2.45, 2.75) is 25.0 Å². The van der Waals surface area contributed by atoms with Gasteiger partial charge in [0.1, 0.15) is 11.8 Å². The summed E-state index contributed by atoms with van der Waals surface area (Å²) in [7, 11) is 0.